The number of aliphatic hydroxyl groups excluding tert-OH is 1. The molecule has 2 fully saturated rings. The third-order valence-electron chi connectivity index (χ3n) is 9.13. The number of likely N-dealkylation sites (tertiary alicyclic amines) is 2. The van der Waals surface area contributed by atoms with Gasteiger partial charge in [0.1, 0.15) is 0 Å². The summed E-state index contributed by atoms with van der Waals surface area (Å²) in [5.41, 5.74) is 2.03. The van der Waals surface area contributed by atoms with Crippen molar-refractivity contribution in [3.63, 3.8) is 0 Å². The molecule has 0 atom stereocenters. The van der Waals surface area contributed by atoms with Crippen LogP contribution in [0.15, 0.2) is 23.1 Å². The minimum atomic E-state index is -4.52. The van der Waals surface area contributed by atoms with Crippen molar-refractivity contribution in [1.82, 2.24) is 29.2 Å². The number of aliphatic hydroxyl groups is 1. The van der Waals surface area contributed by atoms with Crippen molar-refractivity contribution in [1.29, 1.82) is 0 Å². The first-order chi connectivity index (χ1) is 22.0. The highest BCUT2D eigenvalue weighted by Crippen LogP contribution is 2.40. The Labute approximate surface area is 273 Å². The normalized spacial score (nSPS) is 18.9. The molecule has 2 N–H and O–H groups in total. The first-order valence-corrected chi connectivity index (χ1v) is 19.0. The first kappa shape index (κ1) is 35.1. The Morgan fingerprint density at radius 1 is 1.07 bits per heavy atom. The summed E-state index contributed by atoms with van der Waals surface area (Å²) in [6, 6.07) is 4.40. The third-order valence-corrected chi connectivity index (χ3v) is 11.4. The van der Waals surface area contributed by atoms with Crippen LogP contribution in [0.25, 0.3) is 11.3 Å². The Morgan fingerprint density at radius 2 is 1.85 bits per heavy atom. The van der Waals surface area contributed by atoms with Gasteiger partial charge in [-0.25, -0.2) is 8.42 Å². The molecule has 0 bridgehead atoms. The summed E-state index contributed by atoms with van der Waals surface area (Å²) in [6.45, 7) is 5.81. The molecule has 256 valence electrons. The molecule has 0 radical (unpaired) electrons. The van der Waals surface area contributed by atoms with E-state index in [4.69, 9.17) is 10.2 Å². The molecule has 0 spiro atoms. The van der Waals surface area contributed by atoms with E-state index in [1.54, 1.807) is 0 Å². The lowest BCUT2D eigenvalue weighted by atomic mass is 10.0. The molecule has 1 aromatic carbocycles. The lowest BCUT2D eigenvalue weighted by Crippen LogP contribution is -2.45. The van der Waals surface area contributed by atoms with E-state index in [-0.39, 0.29) is 24.0 Å². The van der Waals surface area contributed by atoms with E-state index >= 15 is 0 Å². The van der Waals surface area contributed by atoms with Gasteiger partial charge in [-0.05, 0) is 57.3 Å². The number of alkyl halides is 3. The van der Waals surface area contributed by atoms with Crippen LogP contribution in [-0.2, 0) is 40.5 Å². The lowest BCUT2D eigenvalue weighted by molar-refractivity contribution is -0.139. The number of aryl methyl sites for hydroxylation is 1. The van der Waals surface area contributed by atoms with Crippen molar-refractivity contribution in [2.75, 3.05) is 64.4 Å². The lowest BCUT2D eigenvalue weighted by Gasteiger charge is -2.36. The molecule has 2 saturated heterocycles. The topological polar surface area (TPSA) is 111 Å². The van der Waals surface area contributed by atoms with Gasteiger partial charge in [-0.15, -0.1) is 11.8 Å². The highest BCUT2D eigenvalue weighted by atomic mass is 32.2. The molecule has 0 unspecified atom stereocenters. The van der Waals surface area contributed by atoms with Gasteiger partial charge in [-0.3, -0.25) is 9.48 Å². The molecule has 10 nitrogen and oxygen atoms in total. The zero-order valence-corrected chi connectivity index (χ0v) is 28.0. The number of fused-ring (bicyclic) bond motifs is 1. The van der Waals surface area contributed by atoms with Crippen LogP contribution in [0.3, 0.4) is 0 Å². The minimum absolute atomic E-state index is 0.0504. The number of nitrogens with zero attached hydrogens (tertiary/aromatic N) is 5. The van der Waals surface area contributed by atoms with Crippen LogP contribution < -0.4 is 5.32 Å². The van der Waals surface area contributed by atoms with E-state index in [2.05, 4.69) is 15.1 Å². The van der Waals surface area contributed by atoms with Crippen LogP contribution in [-0.4, -0.2) is 114 Å². The number of rotatable bonds is 14. The number of nitrogens with one attached hydrogen (secondary N) is 1. The number of sulfonamides is 1. The SMILES string of the molecule is CS(=O)(=O)N1CCc2c(c(-c3ccc(C(F)(F)F)c(SCCNCCCO)c3)nn2CCCN2CCC(N3CCCC3=O)CC2)C1. The number of piperidine rings is 1. The first-order valence-electron chi connectivity index (χ1n) is 16.2. The van der Waals surface area contributed by atoms with Gasteiger partial charge in [0.2, 0.25) is 15.9 Å². The molecule has 15 heteroatoms. The number of aromatic nitrogens is 2. The van der Waals surface area contributed by atoms with Gasteiger partial charge in [-0.1, -0.05) is 6.07 Å². The molecule has 46 heavy (non-hydrogen) atoms. The predicted octanol–water partition coefficient (Wildman–Crippen LogP) is 3.43. The Morgan fingerprint density at radius 3 is 2.52 bits per heavy atom. The number of carbonyl (C=O) groups excluding carboxylic acids is 1. The molecule has 1 aromatic heterocycles. The predicted molar refractivity (Wildman–Crippen MR) is 172 cm³/mol. The van der Waals surface area contributed by atoms with Crippen LogP contribution in [0.2, 0.25) is 0 Å². The standard InChI is InChI=1S/C31H45F3N6O4S2/c1-46(43,44)38-18-10-27-25(22-38)30(23-6-7-26(31(32,33)34)28(21-23)45-20-12-35-11-3-19-41)36-40(27)15-4-13-37-16-8-24(9-17-37)39-14-2-5-29(39)42/h6-7,21,24,35,41H,2-5,8-20,22H2,1H3. The highest BCUT2D eigenvalue weighted by Gasteiger charge is 2.35. The second-order valence-electron chi connectivity index (χ2n) is 12.3. The summed E-state index contributed by atoms with van der Waals surface area (Å²) in [5, 5.41) is 17.0. The number of halogens is 3. The van der Waals surface area contributed by atoms with Crippen molar-refractivity contribution < 1.29 is 31.5 Å². The number of benzene rings is 1. The second-order valence-corrected chi connectivity index (χ2v) is 15.5. The molecular formula is C31H45F3N6O4S2. The molecule has 5 rings (SSSR count). The molecule has 3 aliphatic rings. The number of amides is 1. The van der Waals surface area contributed by atoms with Gasteiger partial charge in [0.15, 0.2) is 0 Å². The number of thioether (sulfide) groups is 1. The average molecular weight is 687 g/mol. The monoisotopic (exact) mass is 686 g/mol. The molecule has 0 aliphatic carbocycles. The number of hydrogen-bond donors (Lipinski definition) is 2. The summed E-state index contributed by atoms with van der Waals surface area (Å²) in [7, 11) is -3.47. The summed E-state index contributed by atoms with van der Waals surface area (Å²) < 4.78 is 70.1. The molecule has 0 saturated carbocycles. The van der Waals surface area contributed by atoms with Crippen molar-refractivity contribution in [2.24, 2.45) is 0 Å². The number of carbonyl (C=O) groups is 1. The second kappa shape index (κ2) is 15.4. The summed E-state index contributed by atoms with van der Waals surface area (Å²) in [6.07, 6.45) is 2.10. The summed E-state index contributed by atoms with van der Waals surface area (Å²) >= 11 is 1.11. The van der Waals surface area contributed by atoms with E-state index in [0.29, 0.717) is 68.5 Å². The van der Waals surface area contributed by atoms with Crippen LogP contribution in [0, 0.1) is 0 Å². The zero-order valence-electron chi connectivity index (χ0n) is 26.4. The maximum atomic E-state index is 14.0. The van der Waals surface area contributed by atoms with Crippen LogP contribution in [0.5, 0.6) is 0 Å². The summed E-state index contributed by atoms with van der Waals surface area (Å²) in [4.78, 5) is 16.7. The smallest absolute Gasteiger partial charge is 0.396 e. The van der Waals surface area contributed by atoms with E-state index < -0.39 is 21.8 Å². The van der Waals surface area contributed by atoms with E-state index in [1.165, 1.54) is 22.7 Å². The maximum absolute atomic E-state index is 14.0. The Hall–Kier alpha value is -2.17. The van der Waals surface area contributed by atoms with Gasteiger partial charge >= 0.3 is 6.18 Å². The number of hydrogen-bond acceptors (Lipinski definition) is 8. The minimum Gasteiger partial charge on any atom is -0.396 e. The van der Waals surface area contributed by atoms with Gasteiger partial charge in [0, 0.05) is 98.8 Å². The van der Waals surface area contributed by atoms with Crippen LogP contribution in [0.1, 0.15) is 55.3 Å². The van der Waals surface area contributed by atoms with Crippen molar-refractivity contribution >= 4 is 27.7 Å². The average Bonchev–Trinajstić information content (AvgIpc) is 3.61. The van der Waals surface area contributed by atoms with Crippen molar-refractivity contribution in [3.05, 3.63) is 35.0 Å². The van der Waals surface area contributed by atoms with Gasteiger partial charge < -0.3 is 20.2 Å². The van der Waals surface area contributed by atoms with E-state index in [9.17, 15) is 26.4 Å². The van der Waals surface area contributed by atoms with Gasteiger partial charge in [-0.2, -0.15) is 22.6 Å². The third kappa shape index (κ3) is 8.64. The zero-order chi connectivity index (χ0) is 32.9. The fourth-order valence-corrected chi connectivity index (χ4v) is 8.51. The van der Waals surface area contributed by atoms with E-state index in [1.807, 2.05) is 4.68 Å². The fraction of sp³-hybridized carbons (Fsp3) is 0.677. The molecule has 1 amide bonds. The Kier molecular flexibility index (Phi) is 11.7. The largest absolute Gasteiger partial charge is 0.417 e. The fourth-order valence-electron chi connectivity index (χ4n) is 6.71. The highest BCUT2D eigenvalue weighted by molar-refractivity contribution is 7.99. The molecule has 3 aliphatic heterocycles. The Balaban J connectivity index is 1.31. The quantitative estimate of drug-likeness (QED) is 0.230. The maximum Gasteiger partial charge on any atom is 0.417 e. The van der Waals surface area contributed by atoms with E-state index in [0.717, 1.165) is 80.9 Å². The van der Waals surface area contributed by atoms with Crippen LogP contribution >= 0.6 is 11.8 Å². The van der Waals surface area contributed by atoms with Gasteiger partial charge in [0.25, 0.3) is 0 Å². The van der Waals surface area contributed by atoms with Gasteiger partial charge in [0.05, 0.1) is 17.5 Å². The molecule has 4 heterocycles. The van der Waals surface area contributed by atoms with Crippen molar-refractivity contribution in [3.8, 4) is 11.3 Å². The molecule has 2 aromatic rings. The Bertz CT molecular complexity index is 1460. The summed E-state index contributed by atoms with van der Waals surface area (Å²) in [5.74, 6) is 0.690. The molecular weight excluding hydrogens is 642 g/mol. The van der Waals surface area contributed by atoms with Crippen LogP contribution in [0.4, 0.5) is 13.2 Å². The van der Waals surface area contributed by atoms with Crippen molar-refractivity contribution in [2.45, 2.75) is 75.1 Å².